The summed E-state index contributed by atoms with van der Waals surface area (Å²) in [6.45, 7) is 0.890. The molecule has 0 unspecified atom stereocenters. The summed E-state index contributed by atoms with van der Waals surface area (Å²) in [7, 11) is 3.17. The number of rotatable bonds is 5. The number of fused-ring (bicyclic) bond motifs is 1. The lowest BCUT2D eigenvalue weighted by Crippen LogP contribution is -2.49. The summed E-state index contributed by atoms with van der Waals surface area (Å²) in [5, 5.41) is 0.662. The number of benzene rings is 2. The number of para-hydroxylation sites is 2. The molecule has 1 aliphatic rings. The molecule has 1 heterocycles. The maximum absolute atomic E-state index is 12.9. The molecule has 2 aromatic carbocycles. The average molecular weight is 389 g/mol. The van der Waals surface area contributed by atoms with E-state index in [0.717, 1.165) is 5.56 Å². The number of esters is 1. The molecule has 0 saturated carbocycles. The highest BCUT2D eigenvalue weighted by molar-refractivity contribution is 6.30. The lowest BCUT2D eigenvalue weighted by molar-refractivity contribution is -0.148. The number of hydrogen-bond acceptors (Lipinski definition) is 5. The summed E-state index contributed by atoms with van der Waals surface area (Å²) in [5.41, 5.74) is 1.67. The Morgan fingerprint density at radius 1 is 1.26 bits per heavy atom. The van der Waals surface area contributed by atoms with Crippen LogP contribution in [0.15, 0.2) is 48.5 Å². The molecule has 0 aliphatic carbocycles. The molecule has 1 aliphatic heterocycles. The van der Waals surface area contributed by atoms with E-state index in [0.29, 0.717) is 23.0 Å². The van der Waals surface area contributed by atoms with Crippen LogP contribution in [0, 0.1) is 0 Å². The van der Waals surface area contributed by atoms with Crippen LogP contribution in [-0.2, 0) is 20.9 Å². The first kappa shape index (κ1) is 19.2. The molecule has 6 nitrogen and oxygen atoms in total. The maximum Gasteiger partial charge on any atom is 0.348 e. The van der Waals surface area contributed by atoms with E-state index in [1.807, 2.05) is 42.3 Å². The number of likely N-dealkylation sites (N-methyl/N-ethyl adjacent to an activating group) is 1. The summed E-state index contributed by atoms with van der Waals surface area (Å²) in [4.78, 5) is 28.3. The third kappa shape index (κ3) is 4.59. The molecule has 0 fully saturated rings. The van der Waals surface area contributed by atoms with E-state index in [9.17, 15) is 9.59 Å². The monoisotopic (exact) mass is 388 g/mol. The van der Waals surface area contributed by atoms with Crippen molar-refractivity contribution in [2.45, 2.75) is 12.6 Å². The molecule has 142 valence electrons. The Bertz CT molecular complexity index is 842. The van der Waals surface area contributed by atoms with Crippen LogP contribution in [-0.4, -0.2) is 50.1 Å². The van der Waals surface area contributed by atoms with E-state index in [2.05, 4.69) is 0 Å². The number of halogens is 1. The summed E-state index contributed by atoms with van der Waals surface area (Å²) in [5.74, 6) is -0.135. The van der Waals surface area contributed by atoms with Crippen LogP contribution >= 0.6 is 11.6 Å². The zero-order chi connectivity index (χ0) is 19.4. The Morgan fingerprint density at radius 2 is 2.04 bits per heavy atom. The van der Waals surface area contributed by atoms with Gasteiger partial charge in [-0.1, -0.05) is 35.9 Å². The molecular formula is C20H21ClN2O4. The Hall–Kier alpha value is -2.57. The number of hydrogen-bond donors (Lipinski definition) is 0. The van der Waals surface area contributed by atoms with Crippen molar-refractivity contribution >= 4 is 29.2 Å². The topological polar surface area (TPSA) is 59.1 Å². The molecule has 0 aromatic heterocycles. The van der Waals surface area contributed by atoms with E-state index in [4.69, 9.17) is 21.1 Å². The van der Waals surface area contributed by atoms with Gasteiger partial charge in [0.2, 0.25) is 12.0 Å². The lowest BCUT2D eigenvalue weighted by Gasteiger charge is -2.34. The molecule has 1 atom stereocenters. The molecule has 0 spiro atoms. The predicted octanol–water partition coefficient (Wildman–Crippen LogP) is 2.74. The van der Waals surface area contributed by atoms with Gasteiger partial charge in [0.05, 0.1) is 25.9 Å². The van der Waals surface area contributed by atoms with Crippen molar-refractivity contribution in [1.82, 2.24) is 4.90 Å². The highest BCUT2D eigenvalue weighted by Crippen LogP contribution is 2.33. The van der Waals surface area contributed by atoms with E-state index in [1.165, 1.54) is 7.11 Å². The normalized spacial score (nSPS) is 15.9. The number of anilines is 1. The van der Waals surface area contributed by atoms with Gasteiger partial charge in [-0.05, 0) is 36.9 Å². The number of nitrogens with zero attached hydrogens (tertiary/aromatic N) is 2. The number of amides is 1. The third-order valence-electron chi connectivity index (χ3n) is 4.29. The Morgan fingerprint density at radius 3 is 2.78 bits per heavy atom. The minimum Gasteiger partial charge on any atom is -0.475 e. The van der Waals surface area contributed by atoms with Crippen LogP contribution in [0.2, 0.25) is 5.02 Å². The van der Waals surface area contributed by atoms with Crippen LogP contribution in [0.1, 0.15) is 5.56 Å². The van der Waals surface area contributed by atoms with Gasteiger partial charge in [0.25, 0.3) is 0 Å². The van der Waals surface area contributed by atoms with Crippen molar-refractivity contribution in [1.29, 1.82) is 0 Å². The van der Waals surface area contributed by atoms with E-state index in [-0.39, 0.29) is 19.0 Å². The fourth-order valence-electron chi connectivity index (χ4n) is 3.04. The molecule has 0 N–H and O–H groups in total. The van der Waals surface area contributed by atoms with Crippen LogP contribution in [0.4, 0.5) is 5.69 Å². The molecule has 0 saturated heterocycles. The molecule has 7 heteroatoms. The molecule has 2 aromatic rings. The fourth-order valence-corrected chi connectivity index (χ4v) is 3.26. The zero-order valence-corrected chi connectivity index (χ0v) is 16.0. The van der Waals surface area contributed by atoms with Gasteiger partial charge in [0.1, 0.15) is 5.75 Å². The second-order valence-corrected chi connectivity index (χ2v) is 6.84. The van der Waals surface area contributed by atoms with Crippen LogP contribution in [0.5, 0.6) is 5.75 Å². The van der Waals surface area contributed by atoms with Gasteiger partial charge in [0.15, 0.2) is 0 Å². The standard InChI is InChI=1S/C20H21ClN2O4/c1-22(11-14-6-5-7-15(21)10-14)13-19(24)23-12-18(20(25)26-2)27-17-9-4-3-8-16(17)23/h3-10,18H,11-13H2,1-2H3/t18-/m1/s1. The van der Waals surface area contributed by atoms with Gasteiger partial charge < -0.3 is 14.4 Å². The van der Waals surface area contributed by atoms with E-state index >= 15 is 0 Å². The van der Waals surface area contributed by atoms with E-state index in [1.54, 1.807) is 23.1 Å². The van der Waals surface area contributed by atoms with E-state index < -0.39 is 12.1 Å². The fraction of sp³-hybridized carbons (Fsp3) is 0.300. The van der Waals surface area contributed by atoms with Crippen molar-refractivity contribution in [3.8, 4) is 5.75 Å². The van der Waals surface area contributed by atoms with Crippen molar-refractivity contribution < 1.29 is 19.1 Å². The smallest absolute Gasteiger partial charge is 0.348 e. The molecule has 3 rings (SSSR count). The number of carbonyl (C=O) groups is 2. The summed E-state index contributed by atoms with van der Waals surface area (Å²) >= 11 is 6.02. The van der Waals surface area contributed by atoms with Crippen molar-refractivity contribution in [2.75, 3.05) is 32.1 Å². The molecular weight excluding hydrogens is 368 g/mol. The Labute approximate surface area is 163 Å². The minimum atomic E-state index is -0.841. The van der Waals surface area contributed by atoms with Gasteiger partial charge in [-0.2, -0.15) is 0 Å². The third-order valence-corrected chi connectivity index (χ3v) is 4.52. The van der Waals surface area contributed by atoms with Crippen LogP contribution in [0.3, 0.4) is 0 Å². The first-order valence-electron chi connectivity index (χ1n) is 8.55. The number of ether oxygens (including phenoxy) is 2. The van der Waals surface area contributed by atoms with Gasteiger partial charge in [-0.15, -0.1) is 0 Å². The zero-order valence-electron chi connectivity index (χ0n) is 15.2. The quantitative estimate of drug-likeness (QED) is 0.737. The Kier molecular flexibility index (Phi) is 5.98. The van der Waals surface area contributed by atoms with Crippen molar-refractivity contribution in [3.05, 3.63) is 59.1 Å². The lowest BCUT2D eigenvalue weighted by atomic mass is 10.1. The minimum absolute atomic E-state index is 0.119. The van der Waals surface area contributed by atoms with Crippen molar-refractivity contribution in [2.24, 2.45) is 0 Å². The van der Waals surface area contributed by atoms with Gasteiger partial charge >= 0.3 is 5.97 Å². The maximum atomic E-state index is 12.9. The summed E-state index contributed by atoms with van der Waals surface area (Å²) in [6, 6.07) is 14.7. The molecule has 0 bridgehead atoms. The van der Waals surface area contributed by atoms with Gasteiger partial charge in [-0.25, -0.2) is 4.79 Å². The second-order valence-electron chi connectivity index (χ2n) is 6.40. The number of methoxy groups -OCH3 is 1. The largest absolute Gasteiger partial charge is 0.475 e. The van der Waals surface area contributed by atoms with Crippen LogP contribution < -0.4 is 9.64 Å². The second kappa shape index (κ2) is 8.41. The highest BCUT2D eigenvalue weighted by atomic mass is 35.5. The predicted molar refractivity (Wildman–Crippen MR) is 103 cm³/mol. The first-order valence-corrected chi connectivity index (χ1v) is 8.92. The summed E-state index contributed by atoms with van der Waals surface area (Å²) < 4.78 is 10.5. The molecule has 0 radical (unpaired) electrons. The van der Waals surface area contributed by atoms with Gasteiger partial charge in [0, 0.05) is 11.6 Å². The molecule has 27 heavy (non-hydrogen) atoms. The average Bonchev–Trinajstić information content (AvgIpc) is 2.66. The number of carbonyl (C=O) groups excluding carboxylic acids is 2. The highest BCUT2D eigenvalue weighted by Gasteiger charge is 2.34. The SMILES string of the molecule is COC(=O)[C@H]1CN(C(=O)CN(C)Cc2cccc(Cl)c2)c2ccccc2O1. The molecule has 1 amide bonds. The first-order chi connectivity index (χ1) is 13.0. The summed E-state index contributed by atoms with van der Waals surface area (Å²) in [6.07, 6.45) is -0.841. The Balaban J connectivity index is 1.73. The van der Waals surface area contributed by atoms with Crippen LogP contribution in [0.25, 0.3) is 0 Å². The van der Waals surface area contributed by atoms with Crippen molar-refractivity contribution in [3.63, 3.8) is 0 Å². The van der Waals surface area contributed by atoms with Gasteiger partial charge in [-0.3, -0.25) is 9.69 Å².